The second kappa shape index (κ2) is 12.4. The van der Waals surface area contributed by atoms with Crippen LogP contribution in [0.4, 0.5) is 22.7 Å². The first-order valence-electron chi connectivity index (χ1n) is 12.9. The number of methoxy groups -OCH3 is 2. The lowest BCUT2D eigenvalue weighted by Crippen LogP contribution is -2.26. The predicted octanol–water partition coefficient (Wildman–Crippen LogP) is 5.86. The molecule has 0 bridgehead atoms. The maximum absolute atomic E-state index is 13.1. The summed E-state index contributed by atoms with van der Waals surface area (Å²) in [6, 6.07) is 26.8. The van der Waals surface area contributed by atoms with Crippen molar-refractivity contribution >= 4 is 28.7 Å². The van der Waals surface area contributed by atoms with Crippen LogP contribution in [0, 0.1) is 0 Å². The van der Waals surface area contributed by atoms with E-state index in [2.05, 4.69) is 10.6 Å². The summed E-state index contributed by atoms with van der Waals surface area (Å²) in [4.78, 5) is 16.5. The Morgan fingerprint density at radius 2 is 1.23 bits per heavy atom. The molecule has 4 rings (SSSR count). The van der Waals surface area contributed by atoms with E-state index in [-0.39, 0.29) is 5.91 Å². The van der Waals surface area contributed by atoms with Crippen LogP contribution < -0.4 is 29.9 Å². The Balaban J connectivity index is 1.46. The minimum Gasteiger partial charge on any atom is -0.495 e. The number of nitrogens with zero attached hydrogens (tertiary/aromatic N) is 2. The first kappa shape index (κ1) is 28.3. The molecule has 0 fully saturated rings. The molecule has 208 valence electrons. The molecule has 0 aliphatic rings. The van der Waals surface area contributed by atoms with Gasteiger partial charge in [0, 0.05) is 50.7 Å². The Kier molecular flexibility index (Phi) is 8.81. The molecule has 8 heteroatoms. The minimum absolute atomic E-state index is 0.127. The van der Waals surface area contributed by atoms with Crippen LogP contribution in [0.1, 0.15) is 22.1 Å². The van der Waals surface area contributed by atoms with E-state index in [0.29, 0.717) is 17.1 Å². The zero-order chi connectivity index (χ0) is 28.8. The van der Waals surface area contributed by atoms with E-state index in [0.717, 1.165) is 39.4 Å². The number of rotatable bonds is 10. The fourth-order valence-electron chi connectivity index (χ4n) is 4.55. The van der Waals surface area contributed by atoms with Gasteiger partial charge >= 0.3 is 0 Å². The molecule has 0 aliphatic carbocycles. The number of carbonyl (C=O) groups is 1. The van der Waals surface area contributed by atoms with Crippen molar-refractivity contribution < 1.29 is 19.4 Å². The van der Waals surface area contributed by atoms with E-state index in [1.54, 1.807) is 43.2 Å². The van der Waals surface area contributed by atoms with Gasteiger partial charge in [0.2, 0.25) is 0 Å². The summed E-state index contributed by atoms with van der Waals surface area (Å²) >= 11 is 0. The van der Waals surface area contributed by atoms with Gasteiger partial charge in [0.25, 0.3) is 5.91 Å². The summed E-state index contributed by atoms with van der Waals surface area (Å²) in [7, 11) is 10.4. The summed E-state index contributed by atoms with van der Waals surface area (Å²) in [5.74, 6) is 1.16. The first-order valence-corrected chi connectivity index (χ1v) is 12.9. The van der Waals surface area contributed by atoms with Crippen molar-refractivity contribution in [2.75, 3.05) is 62.8 Å². The Bertz CT molecular complexity index is 1460. The summed E-state index contributed by atoms with van der Waals surface area (Å²) < 4.78 is 10.8. The summed E-state index contributed by atoms with van der Waals surface area (Å²) in [5.41, 5.74) is 6.65. The molecule has 0 saturated heterocycles. The fourth-order valence-corrected chi connectivity index (χ4v) is 4.55. The van der Waals surface area contributed by atoms with E-state index in [9.17, 15) is 9.90 Å². The average molecular weight is 541 g/mol. The molecule has 1 atom stereocenters. The van der Waals surface area contributed by atoms with Crippen molar-refractivity contribution in [2.45, 2.75) is 6.23 Å². The van der Waals surface area contributed by atoms with Crippen LogP contribution in [0.3, 0.4) is 0 Å². The van der Waals surface area contributed by atoms with Crippen LogP contribution in [0.25, 0.3) is 11.1 Å². The van der Waals surface area contributed by atoms with Crippen molar-refractivity contribution in [3.8, 4) is 22.6 Å². The molecule has 0 spiro atoms. The number of aliphatic hydroxyl groups excluding tert-OH is 1. The number of anilines is 4. The highest BCUT2D eigenvalue weighted by atomic mass is 16.5. The number of ether oxygens (including phenoxy) is 2. The summed E-state index contributed by atoms with van der Waals surface area (Å²) in [5, 5.41) is 17.1. The molecular formula is C32H36N4O4. The highest BCUT2D eigenvalue weighted by Gasteiger charge is 2.18. The Hall–Kier alpha value is -4.69. The molecule has 1 amide bonds. The molecule has 0 heterocycles. The molecule has 0 radical (unpaired) electrons. The van der Waals surface area contributed by atoms with Gasteiger partial charge in [-0.2, -0.15) is 0 Å². The molecule has 0 aliphatic heterocycles. The standard InChI is InChI=1S/C32H36N4O4/c1-33-27-17-11-23(19-29(27)39-5)31(37)35(3)25-13-7-21(8-14-25)22-9-15-26(16-10-22)36(4)32(38)24-12-18-28(34-2)30(20-24)40-6/h7-20,31,33-34,37H,1-6H3. The normalized spacial score (nSPS) is 11.4. The molecular weight excluding hydrogens is 504 g/mol. The minimum atomic E-state index is -0.840. The van der Waals surface area contributed by atoms with E-state index in [4.69, 9.17) is 9.47 Å². The molecule has 40 heavy (non-hydrogen) atoms. The SMILES string of the molecule is CNc1ccc(C(=O)N(C)c2ccc(-c3ccc(N(C)C(O)c4ccc(NC)c(OC)c4)cc3)cc2)cc1OC. The molecule has 4 aromatic carbocycles. The number of nitrogens with one attached hydrogen (secondary N) is 2. The lowest BCUT2D eigenvalue weighted by atomic mass is 10.0. The predicted molar refractivity (Wildman–Crippen MR) is 163 cm³/mol. The number of carbonyl (C=O) groups excluding carboxylic acids is 1. The average Bonchev–Trinajstić information content (AvgIpc) is 3.02. The molecule has 3 N–H and O–H groups in total. The quantitative estimate of drug-likeness (QED) is 0.217. The van der Waals surface area contributed by atoms with Crippen LogP contribution in [0.5, 0.6) is 11.5 Å². The van der Waals surface area contributed by atoms with Gasteiger partial charge in [0.05, 0.1) is 25.6 Å². The second-order valence-corrected chi connectivity index (χ2v) is 9.32. The van der Waals surface area contributed by atoms with Gasteiger partial charge in [-0.3, -0.25) is 4.79 Å². The maximum atomic E-state index is 13.1. The van der Waals surface area contributed by atoms with Gasteiger partial charge in [0.15, 0.2) is 6.23 Å². The van der Waals surface area contributed by atoms with E-state index >= 15 is 0 Å². The Morgan fingerprint density at radius 3 is 1.75 bits per heavy atom. The van der Waals surface area contributed by atoms with Crippen molar-refractivity contribution in [3.63, 3.8) is 0 Å². The highest BCUT2D eigenvalue weighted by molar-refractivity contribution is 6.06. The smallest absolute Gasteiger partial charge is 0.258 e. The van der Waals surface area contributed by atoms with Gasteiger partial charge in [-0.1, -0.05) is 30.3 Å². The molecule has 4 aromatic rings. The van der Waals surface area contributed by atoms with Crippen LogP contribution in [-0.4, -0.2) is 53.4 Å². The van der Waals surface area contributed by atoms with Crippen molar-refractivity contribution in [3.05, 3.63) is 96.1 Å². The zero-order valence-electron chi connectivity index (χ0n) is 23.7. The number of aliphatic hydroxyl groups is 1. The van der Waals surface area contributed by atoms with E-state index in [1.807, 2.05) is 93.9 Å². The van der Waals surface area contributed by atoms with Crippen LogP contribution in [0.15, 0.2) is 84.9 Å². The second-order valence-electron chi connectivity index (χ2n) is 9.32. The molecule has 1 unspecified atom stereocenters. The van der Waals surface area contributed by atoms with Gasteiger partial charge in [-0.25, -0.2) is 0 Å². The highest BCUT2D eigenvalue weighted by Crippen LogP contribution is 2.32. The van der Waals surface area contributed by atoms with Gasteiger partial charge in [-0.15, -0.1) is 0 Å². The molecule has 0 saturated carbocycles. The molecule has 8 nitrogen and oxygen atoms in total. The van der Waals surface area contributed by atoms with E-state index in [1.165, 1.54) is 0 Å². The number of hydrogen-bond donors (Lipinski definition) is 3. The van der Waals surface area contributed by atoms with Crippen LogP contribution >= 0.6 is 0 Å². The Labute approximate surface area is 235 Å². The van der Waals surface area contributed by atoms with Crippen LogP contribution in [-0.2, 0) is 0 Å². The lowest BCUT2D eigenvalue weighted by molar-refractivity contribution is 0.0992. The van der Waals surface area contributed by atoms with Crippen LogP contribution in [0.2, 0.25) is 0 Å². The number of hydrogen-bond acceptors (Lipinski definition) is 7. The van der Waals surface area contributed by atoms with E-state index < -0.39 is 6.23 Å². The molecule has 0 aromatic heterocycles. The topological polar surface area (TPSA) is 86.3 Å². The first-order chi connectivity index (χ1) is 19.3. The van der Waals surface area contributed by atoms with Crippen molar-refractivity contribution in [1.82, 2.24) is 0 Å². The zero-order valence-corrected chi connectivity index (χ0v) is 23.7. The Morgan fingerprint density at radius 1 is 0.725 bits per heavy atom. The third kappa shape index (κ3) is 5.82. The third-order valence-electron chi connectivity index (χ3n) is 7.04. The van der Waals surface area contributed by atoms with Crippen molar-refractivity contribution in [1.29, 1.82) is 0 Å². The van der Waals surface area contributed by atoms with Gasteiger partial charge in [0.1, 0.15) is 11.5 Å². The third-order valence-corrected chi connectivity index (χ3v) is 7.04. The largest absolute Gasteiger partial charge is 0.495 e. The fraction of sp³-hybridized carbons (Fsp3) is 0.219. The monoisotopic (exact) mass is 540 g/mol. The van der Waals surface area contributed by atoms with Gasteiger partial charge < -0.3 is 35.0 Å². The maximum Gasteiger partial charge on any atom is 0.258 e. The van der Waals surface area contributed by atoms with Crippen molar-refractivity contribution in [2.24, 2.45) is 0 Å². The van der Waals surface area contributed by atoms with Gasteiger partial charge in [-0.05, 0) is 65.7 Å². The summed E-state index contributed by atoms with van der Waals surface area (Å²) in [6.07, 6.45) is -0.840. The summed E-state index contributed by atoms with van der Waals surface area (Å²) in [6.45, 7) is 0. The lowest BCUT2D eigenvalue weighted by Gasteiger charge is -2.27. The number of amides is 1. The number of benzene rings is 4.